The van der Waals surface area contributed by atoms with Crippen LogP contribution in [0.4, 0.5) is 5.69 Å². The fourth-order valence-corrected chi connectivity index (χ4v) is 2.23. The van der Waals surface area contributed by atoms with Gasteiger partial charge < -0.3 is 14.8 Å². The van der Waals surface area contributed by atoms with E-state index in [4.69, 9.17) is 9.47 Å². The van der Waals surface area contributed by atoms with E-state index in [-0.39, 0.29) is 11.3 Å². The summed E-state index contributed by atoms with van der Waals surface area (Å²) < 4.78 is 10.6. The van der Waals surface area contributed by atoms with Crippen LogP contribution >= 0.6 is 0 Å². The molecule has 0 spiro atoms. The SMILES string of the molecule is CCOc1ccccc1C(=O)OC(C)C(=O)Nc1ccc(C(C)=O)cc1. The molecule has 1 N–H and O–H groups in total. The molecule has 0 saturated carbocycles. The predicted octanol–water partition coefficient (Wildman–Crippen LogP) is 3.47. The van der Waals surface area contributed by atoms with E-state index in [1.807, 2.05) is 6.92 Å². The Morgan fingerprint density at radius 3 is 2.31 bits per heavy atom. The molecule has 136 valence electrons. The molecule has 26 heavy (non-hydrogen) atoms. The van der Waals surface area contributed by atoms with Crippen LogP contribution in [0.5, 0.6) is 5.75 Å². The van der Waals surface area contributed by atoms with Crippen molar-refractivity contribution < 1.29 is 23.9 Å². The van der Waals surface area contributed by atoms with Crippen molar-refractivity contribution in [2.45, 2.75) is 26.9 Å². The summed E-state index contributed by atoms with van der Waals surface area (Å²) in [5, 5.41) is 2.65. The lowest BCUT2D eigenvalue weighted by atomic mass is 10.1. The first-order valence-corrected chi connectivity index (χ1v) is 8.27. The Kier molecular flexibility index (Phi) is 6.49. The second-order valence-corrected chi connectivity index (χ2v) is 5.60. The first-order valence-electron chi connectivity index (χ1n) is 8.27. The lowest BCUT2D eigenvalue weighted by molar-refractivity contribution is -0.123. The lowest BCUT2D eigenvalue weighted by Gasteiger charge is -2.15. The Bertz CT molecular complexity index is 798. The van der Waals surface area contributed by atoms with Gasteiger partial charge in [-0.1, -0.05) is 12.1 Å². The molecule has 0 radical (unpaired) electrons. The van der Waals surface area contributed by atoms with E-state index in [0.29, 0.717) is 23.6 Å². The first-order chi connectivity index (χ1) is 12.4. The highest BCUT2D eigenvalue weighted by Crippen LogP contribution is 2.20. The number of ether oxygens (including phenoxy) is 2. The number of hydrogen-bond acceptors (Lipinski definition) is 5. The van der Waals surface area contributed by atoms with Crippen LogP contribution in [-0.2, 0) is 9.53 Å². The number of carbonyl (C=O) groups excluding carboxylic acids is 3. The molecule has 2 aromatic rings. The number of Topliss-reactive ketones (excluding diaryl/α,β-unsaturated/α-hetero) is 1. The topological polar surface area (TPSA) is 81.7 Å². The Hall–Kier alpha value is -3.15. The van der Waals surface area contributed by atoms with Gasteiger partial charge in [0.25, 0.3) is 5.91 Å². The van der Waals surface area contributed by atoms with Crippen molar-refractivity contribution in [1.82, 2.24) is 0 Å². The summed E-state index contributed by atoms with van der Waals surface area (Å²) in [6.45, 7) is 5.18. The Morgan fingerprint density at radius 1 is 1.04 bits per heavy atom. The van der Waals surface area contributed by atoms with Crippen LogP contribution in [0.15, 0.2) is 48.5 Å². The maximum absolute atomic E-state index is 12.3. The number of benzene rings is 2. The minimum atomic E-state index is -0.996. The summed E-state index contributed by atoms with van der Waals surface area (Å²) in [5.74, 6) is -0.753. The molecule has 0 saturated heterocycles. The van der Waals surface area contributed by atoms with Gasteiger partial charge in [0.15, 0.2) is 11.9 Å². The van der Waals surface area contributed by atoms with Gasteiger partial charge in [-0.3, -0.25) is 9.59 Å². The molecule has 0 aliphatic rings. The summed E-state index contributed by atoms with van der Waals surface area (Å²) in [7, 11) is 0. The molecule has 0 aliphatic heterocycles. The average molecular weight is 355 g/mol. The minimum Gasteiger partial charge on any atom is -0.493 e. The first kappa shape index (κ1) is 19.2. The molecule has 6 heteroatoms. The third-order valence-electron chi connectivity index (χ3n) is 3.62. The van der Waals surface area contributed by atoms with Crippen LogP contribution in [0, 0.1) is 0 Å². The predicted molar refractivity (Wildman–Crippen MR) is 97.6 cm³/mol. The standard InChI is InChI=1S/C20H21NO5/c1-4-25-18-8-6-5-7-17(18)20(24)26-14(3)19(23)21-16-11-9-15(10-12-16)13(2)22/h5-12,14H,4H2,1-3H3,(H,21,23). The van der Waals surface area contributed by atoms with Gasteiger partial charge >= 0.3 is 5.97 Å². The monoisotopic (exact) mass is 355 g/mol. The third kappa shape index (κ3) is 4.92. The zero-order valence-corrected chi connectivity index (χ0v) is 14.9. The number of ketones is 1. The van der Waals surface area contributed by atoms with Crippen molar-refractivity contribution >= 4 is 23.3 Å². The van der Waals surface area contributed by atoms with Crippen LogP contribution in [0.2, 0.25) is 0 Å². The van der Waals surface area contributed by atoms with E-state index in [2.05, 4.69) is 5.32 Å². The van der Waals surface area contributed by atoms with Gasteiger partial charge in [-0.25, -0.2) is 4.79 Å². The average Bonchev–Trinajstić information content (AvgIpc) is 2.62. The fraction of sp³-hybridized carbons (Fsp3) is 0.250. The van der Waals surface area contributed by atoms with E-state index >= 15 is 0 Å². The van der Waals surface area contributed by atoms with Crippen molar-refractivity contribution in [3.05, 3.63) is 59.7 Å². The van der Waals surface area contributed by atoms with E-state index in [0.717, 1.165) is 0 Å². The Labute approximate surface area is 152 Å². The minimum absolute atomic E-state index is 0.0573. The van der Waals surface area contributed by atoms with Crippen LogP contribution in [-0.4, -0.2) is 30.4 Å². The molecule has 2 aromatic carbocycles. The second-order valence-electron chi connectivity index (χ2n) is 5.60. The number of carbonyl (C=O) groups is 3. The van der Waals surface area contributed by atoms with Gasteiger partial charge in [0.2, 0.25) is 0 Å². The molecule has 0 aromatic heterocycles. The molecule has 0 heterocycles. The Balaban J connectivity index is 2.00. The van der Waals surface area contributed by atoms with Crippen molar-refractivity contribution in [3.8, 4) is 5.75 Å². The molecule has 1 unspecified atom stereocenters. The molecule has 1 amide bonds. The van der Waals surface area contributed by atoms with Crippen molar-refractivity contribution in [2.75, 3.05) is 11.9 Å². The number of anilines is 1. The molecule has 0 aliphatic carbocycles. The maximum atomic E-state index is 12.3. The summed E-state index contributed by atoms with van der Waals surface area (Å²) >= 11 is 0. The number of esters is 1. The number of para-hydroxylation sites is 1. The zero-order chi connectivity index (χ0) is 19.1. The number of hydrogen-bond donors (Lipinski definition) is 1. The zero-order valence-electron chi connectivity index (χ0n) is 14.9. The second kappa shape index (κ2) is 8.80. The van der Waals surface area contributed by atoms with E-state index in [1.54, 1.807) is 48.5 Å². The number of amides is 1. The van der Waals surface area contributed by atoms with Crippen LogP contribution in [0.3, 0.4) is 0 Å². The maximum Gasteiger partial charge on any atom is 0.342 e. The molecule has 6 nitrogen and oxygen atoms in total. The highest BCUT2D eigenvalue weighted by Gasteiger charge is 2.21. The highest BCUT2D eigenvalue weighted by molar-refractivity contribution is 5.99. The van der Waals surface area contributed by atoms with Gasteiger partial charge in [0.05, 0.1) is 6.61 Å². The van der Waals surface area contributed by atoms with Crippen molar-refractivity contribution in [2.24, 2.45) is 0 Å². The molecule has 0 fully saturated rings. The quantitative estimate of drug-likeness (QED) is 0.607. The van der Waals surface area contributed by atoms with Gasteiger partial charge in [-0.15, -0.1) is 0 Å². The van der Waals surface area contributed by atoms with Crippen molar-refractivity contribution in [1.29, 1.82) is 0 Å². The van der Waals surface area contributed by atoms with Crippen molar-refractivity contribution in [3.63, 3.8) is 0 Å². The Morgan fingerprint density at radius 2 is 1.69 bits per heavy atom. The van der Waals surface area contributed by atoms with E-state index in [9.17, 15) is 14.4 Å². The summed E-state index contributed by atoms with van der Waals surface area (Å²) in [6.07, 6.45) is -0.996. The largest absolute Gasteiger partial charge is 0.493 e. The van der Waals surface area contributed by atoms with Crippen LogP contribution < -0.4 is 10.1 Å². The van der Waals surface area contributed by atoms with Gasteiger partial charge in [0.1, 0.15) is 11.3 Å². The molecular weight excluding hydrogens is 334 g/mol. The van der Waals surface area contributed by atoms with Gasteiger partial charge in [0, 0.05) is 11.3 Å². The molecular formula is C20H21NO5. The molecule has 1 atom stereocenters. The molecule has 0 bridgehead atoms. The van der Waals surface area contributed by atoms with Gasteiger partial charge in [-0.2, -0.15) is 0 Å². The number of nitrogens with one attached hydrogen (secondary N) is 1. The highest BCUT2D eigenvalue weighted by atomic mass is 16.5. The van der Waals surface area contributed by atoms with E-state index < -0.39 is 18.0 Å². The van der Waals surface area contributed by atoms with Crippen LogP contribution in [0.25, 0.3) is 0 Å². The fourth-order valence-electron chi connectivity index (χ4n) is 2.23. The third-order valence-corrected chi connectivity index (χ3v) is 3.62. The van der Waals surface area contributed by atoms with Crippen LogP contribution in [0.1, 0.15) is 41.5 Å². The molecule has 2 rings (SSSR count). The van der Waals surface area contributed by atoms with E-state index in [1.165, 1.54) is 13.8 Å². The summed E-state index contributed by atoms with van der Waals surface area (Å²) in [5.41, 5.74) is 1.33. The summed E-state index contributed by atoms with van der Waals surface area (Å²) in [4.78, 5) is 35.8. The summed E-state index contributed by atoms with van der Waals surface area (Å²) in [6, 6.07) is 13.2. The normalized spacial score (nSPS) is 11.3. The smallest absolute Gasteiger partial charge is 0.342 e. The number of rotatable bonds is 7. The lowest BCUT2D eigenvalue weighted by Crippen LogP contribution is -2.30. The van der Waals surface area contributed by atoms with Gasteiger partial charge in [-0.05, 0) is 57.2 Å².